The maximum absolute atomic E-state index is 4.33. The summed E-state index contributed by atoms with van der Waals surface area (Å²) in [6.45, 7) is 9.58. The number of hydrogen-bond donors (Lipinski definition) is 0. The zero-order chi connectivity index (χ0) is 10.1. The molecule has 0 spiro atoms. The molecule has 1 heterocycles. The predicted octanol–water partition coefficient (Wildman–Crippen LogP) is 2.33. The van der Waals surface area contributed by atoms with Crippen LogP contribution >= 0.6 is 11.5 Å². The maximum Gasteiger partial charge on any atom is 0.204 e. The Balaban J connectivity index is 2.64. The third-order valence-corrected chi connectivity index (χ3v) is 2.48. The van der Waals surface area contributed by atoms with Gasteiger partial charge in [-0.3, -0.25) is 0 Å². The first kappa shape index (κ1) is 10.4. The summed E-state index contributed by atoms with van der Waals surface area (Å²) < 4.78 is 4.16. The van der Waals surface area contributed by atoms with Crippen molar-refractivity contribution in [3.05, 3.63) is 5.82 Å². The van der Waals surface area contributed by atoms with Crippen molar-refractivity contribution in [3.63, 3.8) is 0 Å². The average Bonchev–Trinajstić information content (AvgIpc) is 2.31. The first-order valence-electron chi connectivity index (χ1n) is 4.40. The molecule has 74 valence electrons. The Kier molecular flexibility index (Phi) is 2.91. The van der Waals surface area contributed by atoms with E-state index in [1.54, 1.807) is 0 Å². The third-order valence-electron chi connectivity index (χ3n) is 1.55. The van der Waals surface area contributed by atoms with Gasteiger partial charge >= 0.3 is 0 Å². The molecular weight excluding hydrogens is 182 g/mol. The highest BCUT2D eigenvalue weighted by Crippen LogP contribution is 2.21. The van der Waals surface area contributed by atoms with E-state index in [0.717, 1.165) is 17.5 Å². The third kappa shape index (κ3) is 3.30. The monoisotopic (exact) mass is 199 g/mol. The fourth-order valence-electron chi connectivity index (χ4n) is 1.22. The molecule has 0 radical (unpaired) electrons. The summed E-state index contributed by atoms with van der Waals surface area (Å²) in [6, 6.07) is 0. The SMILES string of the molecule is Cc1nsc(N(C)CC(C)(C)C)n1. The number of rotatable bonds is 2. The molecule has 1 aromatic heterocycles. The first-order valence-corrected chi connectivity index (χ1v) is 5.17. The van der Waals surface area contributed by atoms with Crippen LogP contribution in [0.2, 0.25) is 0 Å². The Morgan fingerprint density at radius 2 is 2.00 bits per heavy atom. The topological polar surface area (TPSA) is 29.0 Å². The van der Waals surface area contributed by atoms with Crippen molar-refractivity contribution < 1.29 is 0 Å². The molecule has 0 aromatic carbocycles. The van der Waals surface area contributed by atoms with Gasteiger partial charge in [0.25, 0.3) is 0 Å². The predicted molar refractivity (Wildman–Crippen MR) is 57.4 cm³/mol. The minimum atomic E-state index is 0.300. The highest BCUT2D eigenvalue weighted by molar-refractivity contribution is 7.09. The highest BCUT2D eigenvalue weighted by Gasteiger charge is 2.15. The van der Waals surface area contributed by atoms with E-state index in [0.29, 0.717) is 5.41 Å². The summed E-state index contributed by atoms with van der Waals surface area (Å²) in [4.78, 5) is 6.49. The molecule has 0 saturated heterocycles. The van der Waals surface area contributed by atoms with Gasteiger partial charge in [-0.15, -0.1) is 0 Å². The van der Waals surface area contributed by atoms with E-state index in [-0.39, 0.29) is 0 Å². The summed E-state index contributed by atoms with van der Waals surface area (Å²) in [5.74, 6) is 0.862. The molecule has 0 fully saturated rings. The van der Waals surface area contributed by atoms with Crippen LogP contribution in [0.4, 0.5) is 5.13 Å². The molecular formula is C9H17N3S. The quantitative estimate of drug-likeness (QED) is 0.732. The Morgan fingerprint density at radius 1 is 1.38 bits per heavy atom. The van der Waals surface area contributed by atoms with E-state index >= 15 is 0 Å². The Morgan fingerprint density at radius 3 is 2.38 bits per heavy atom. The molecule has 4 heteroatoms. The van der Waals surface area contributed by atoms with E-state index in [9.17, 15) is 0 Å². The van der Waals surface area contributed by atoms with Gasteiger partial charge in [0.15, 0.2) is 0 Å². The van der Waals surface area contributed by atoms with Gasteiger partial charge < -0.3 is 4.90 Å². The van der Waals surface area contributed by atoms with Crippen molar-refractivity contribution in [3.8, 4) is 0 Å². The molecule has 0 saturated carbocycles. The number of aryl methyl sites for hydroxylation is 1. The van der Waals surface area contributed by atoms with Crippen LogP contribution in [0.1, 0.15) is 26.6 Å². The van der Waals surface area contributed by atoms with Crippen molar-refractivity contribution in [2.75, 3.05) is 18.5 Å². The van der Waals surface area contributed by atoms with Crippen molar-refractivity contribution in [2.45, 2.75) is 27.7 Å². The smallest absolute Gasteiger partial charge is 0.204 e. The molecule has 0 amide bonds. The molecule has 0 atom stereocenters. The summed E-state index contributed by atoms with van der Waals surface area (Å²) in [6.07, 6.45) is 0. The normalized spacial score (nSPS) is 11.8. The summed E-state index contributed by atoms with van der Waals surface area (Å²) >= 11 is 1.46. The average molecular weight is 199 g/mol. The van der Waals surface area contributed by atoms with E-state index < -0.39 is 0 Å². The second-order valence-corrected chi connectivity index (χ2v) is 5.27. The number of nitrogens with zero attached hydrogens (tertiary/aromatic N) is 3. The van der Waals surface area contributed by atoms with Crippen LogP contribution in [0.3, 0.4) is 0 Å². The minimum absolute atomic E-state index is 0.300. The molecule has 0 aliphatic carbocycles. The van der Waals surface area contributed by atoms with Gasteiger partial charge in [0, 0.05) is 25.1 Å². The lowest BCUT2D eigenvalue weighted by molar-refractivity contribution is 0.418. The van der Waals surface area contributed by atoms with E-state index in [1.807, 2.05) is 6.92 Å². The molecule has 0 unspecified atom stereocenters. The van der Waals surface area contributed by atoms with Crippen LogP contribution in [0.15, 0.2) is 0 Å². The molecule has 1 rings (SSSR count). The lowest BCUT2D eigenvalue weighted by Crippen LogP contribution is -2.28. The van der Waals surface area contributed by atoms with Gasteiger partial charge in [-0.1, -0.05) is 20.8 Å². The summed E-state index contributed by atoms with van der Waals surface area (Å²) in [5, 5.41) is 1.01. The lowest BCUT2D eigenvalue weighted by Gasteiger charge is -2.25. The zero-order valence-electron chi connectivity index (χ0n) is 8.96. The Hall–Kier alpha value is -0.640. The van der Waals surface area contributed by atoms with Gasteiger partial charge in [0.2, 0.25) is 5.13 Å². The number of aromatic nitrogens is 2. The van der Waals surface area contributed by atoms with Crippen molar-refractivity contribution in [1.29, 1.82) is 0 Å². The standard InChI is InChI=1S/C9H17N3S/c1-7-10-8(13-11-7)12(5)6-9(2,3)4/h6H2,1-5H3. The minimum Gasteiger partial charge on any atom is -0.349 e. The second-order valence-electron chi connectivity index (χ2n) is 4.54. The van der Waals surface area contributed by atoms with Crippen LogP contribution in [-0.4, -0.2) is 22.9 Å². The number of anilines is 1. The van der Waals surface area contributed by atoms with E-state index in [2.05, 4.69) is 42.1 Å². The van der Waals surface area contributed by atoms with Crippen LogP contribution in [0.5, 0.6) is 0 Å². The van der Waals surface area contributed by atoms with Gasteiger partial charge in [-0.2, -0.15) is 4.37 Å². The molecule has 0 bridgehead atoms. The zero-order valence-corrected chi connectivity index (χ0v) is 9.77. The first-order chi connectivity index (χ1) is 5.88. The van der Waals surface area contributed by atoms with Gasteiger partial charge in [0.1, 0.15) is 5.82 Å². The Bertz CT molecular complexity index is 275. The van der Waals surface area contributed by atoms with E-state index in [4.69, 9.17) is 0 Å². The molecule has 1 aromatic rings. The largest absolute Gasteiger partial charge is 0.349 e. The van der Waals surface area contributed by atoms with Crippen LogP contribution in [0.25, 0.3) is 0 Å². The number of hydrogen-bond acceptors (Lipinski definition) is 4. The van der Waals surface area contributed by atoms with Crippen molar-refractivity contribution in [2.24, 2.45) is 5.41 Å². The molecule has 13 heavy (non-hydrogen) atoms. The molecule has 0 N–H and O–H groups in total. The molecule has 3 nitrogen and oxygen atoms in total. The maximum atomic E-state index is 4.33. The molecule has 0 aliphatic heterocycles. The van der Waals surface area contributed by atoms with Crippen molar-refractivity contribution in [1.82, 2.24) is 9.36 Å². The fourth-order valence-corrected chi connectivity index (χ4v) is 1.85. The highest BCUT2D eigenvalue weighted by atomic mass is 32.1. The van der Waals surface area contributed by atoms with Crippen LogP contribution < -0.4 is 4.90 Å². The van der Waals surface area contributed by atoms with Gasteiger partial charge in [0.05, 0.1) is 0 Å². The lowest BCUT2D eigenvalue weighted by atomic mass is 9.96. The van der Waals surface area contributed by atoms with Crippen molar-refractivity contribution >= 4 is 16.7 Å². The summed E-state index contributed by atoms with van der Waals surface area (Å²) in [5.41, 5.74) is 0.300. The fraction of sp³-hybridized carbons (Fsp3) is 0.778. The summed E-state index contributed by atoms with van der Waals surface area (Å²) in [7, 11) is 2.06. The van der Waals surface area contributed by atoms with Gasteiger partial charge in [-0.05, 0) is 12.3 Å². The van der Waals surface area contributed by atoms with E-state index in [1.165, 1.54) is 11.5 Å². The Labute approximate surface area is 84.0 Å². The van der Waals surface area contributed by atoms with Gasteiger partial charge in [-0.25, -0.2) is 4.98 Å². The second kappa shape index (κ2) is 3.62. The molecule has 0 aliphatic rings. The van der Waals surface area contributed by atoms with Crippen LogP contribution in [-0.2, 0) is 0 Å². The van der Waals surface area contributed by atoms with Crippen LogP contribution in [0, 0.1) is 12.3 Å².